The van der Waals surface area contributed by atoms with Crippen molar-refractivity contribution in [2.24, 2.45) is 0 Å². The summed E-state index contributed by atoms with van der Waals surface area (Å²) in [6.45, 7) is 0. The average molecular weight is 262 g/mol. The molecule has 0 aliphatic heterocycles. The Kier molecular flexibility index (Phi) is 3.08. The van der Waals surface area contributed by atoms with E-state index in [-0.39, 0.29) is 0 Å². The number of alkyl halides is 3. The second kappa shape index (κ2) is 3.89. The van der Waals surface area contributed by atoms with Crippen LogP contribution in [0.3, 0.4) is 0 Å². The van der Waals surface area contributed by atoms with Crippen molar-refractivity contribution in [1.82, 2.24) is 0 Å². The highest BCUT2D eigenvalue weighted by Crippen LogP contribution is 2.32. The van der Waals surface area contributed by atoms with Crippen LogP contribution in [-0.2, 0) is 10.2 Å². The summed E-state index contributed by atoms with van der Waals surface area (Å²) in [7, 11) is -5.49. The first kappa shape index (κ1) is 12.7. The van der Waals surface area contributed by atoms with Gasteiger partial charge in [0.15, 0.2) is 11.6 Å². The third-order valence-electron chi connectivity index (χ3n) is 1.41. The molecule has 1 aromatic carbocycles. The molecule has 16 heavy (non-hydrogen) atoms. The Labute approximate surface area is 86.7 Å². The smallest absolute Gasteiger partial charge is 0.401 e. The van der Waals surface area contributed by atoms with E-state index >= 15 is 0 Å². The van der Waals surface area contributed by atoms with Gasteiger partial charge in [0.2, 0.25) is 0 Å². The van der Waals surface area contributed by atoms with Gasteiger partial charge in [0.05, 0.1) is 0 Å². The lowest BCUT2D eigenvalue weighted by Gasteiger charge is -2.11. The Bertz CT molecular complexity index is 493. The van der Waals surface area contributed by atoms with Gasteiger partial charge in [0.1, 0.15) is 4.90 Å². The van der Waals surface area contributed by atoms with Crippen molar-refractivity contribution in [2.75, 3.05) is 0 Å². The summed E-state index contributed by atoms with van der Waals surface area (Å²) in [6.07, 6.45) is -5.32. The number of para-hydroxylation sites is 1. The molecule has 1 aromatic rings. The van der Waals surface area contributed by atoms with Gasteiger partial charge in [-0.15, -0.1) is 17.1 Å². The Balaban J connectivity index is 3.36. The molecule has 0 amide bonds. The molecule has 0 bridgehead atoms. The van der Waals surface area contributed by atoms with E-state index in [1.54, 1.807) is 0 Å². The third-order valence-corrected chi connectivity index (χ3v) is 2.26. The van der Waals surface area contributed by atoms with Gasteiger partial charge in [-0.2, -0.15) is 8.42 Å². The zero-order valence-electron chi connectivity index (χ0n) is 7.25. The fraction of sp³-hybridized carbons (Fsp3) is 0.143. The van der Waals surface area contributed by atoms with E-state index in [0.717, 1.165) is 6.07 Å². The van der Waals surface area contributed by atoms with E-state index in [0.29, 0.717) is 12.1 Å². The van der Waals surface area contributed by atoms with Gasteiger partial charge in [-0.3, -0.25) is 0 Å². The minimum atomic E-state index is -5.49. The van der Waals surface area contributed by atoms with Gasteiger partial charge in [-0.1, -0.05) is 6.07 Å². The number of hydrogen-bond donors (Lipinski definition) is 0. The minimum Gasteiger partial charge on any atom is -0.401 e. The standard InChI is InChI=1S/C7H3F5O3S/c8-4-2-1-3-5(16(12,13)14)6(4)15-7(9,10)11/h1-3H. The van der Waals surface area contributed by atoms with Crippen LogP contribution < -0.4 is 4.74 Å². The lowest BCUT2D eigenvalue weighted by molar-refractivity contribution is -0.276. The summed E-state index contributed by atoms with van der Waals surface area (Å²) < 4.78 is 84.6. The largest absolute Gasteiger partial charge is 0.573 e. The lowest BCUT2D eigenvalue weighted by Crippen LogP contribution is -2.19. The Morgan fingerprint density at radius 2 is 1.75 bits per heavy atom. The van der Waals surface area contributed by atoms with Crippen LogP contribution in [-0.4, -0.2) is 14.8 Å². The fourth-order valence-corrected chi connectivity index (χ4v) is 1.50. The number of benzene rings is 1. The van der Waals surface area contributed by atoms with E-state index in [4.69, 9.17) is 0 Å². The van der Waals surface area contributed by atoms with Gasteiger partial charge in [-0.25, -0.2) is 4.39 Å². The molecule has 0 saturated heterocycles. The predicted molar refractivity (Wildman–Crippen MR) is 41.4 cm³/mol. The van der Waals surface area contributed by atoms with E-state index in [1.165, 1.54) is 0 Å². The van der Waals surface area contributed by atoms with E-state index in [2.05, 4.69) is 4.74 Å². The molecule has 0 fully saturated rings. The molecule has 0 unspecified atom stereocenters. The molecular formula is C7H3F5O3S. The van der Waals surface area contributed by atoms with Crippen molar-refractivity contribution >= 4 is 10.2 Å². The highest BCUT2D eigenvalue weighted by Gasteiger charge is 2.35. The zero-order valence-corrected chi connectivity index (χ0v) is 8.07. The van der Waals surface area contributed by atoms with E-state index < -0.39 is 33.0 Å². The highest BCUT2D eigenvalue weighted by atomic mass is 32.3. The quantitative estimate of drug-likeness (QED) is 0.607. The number of halogens is 5. The first-order valence-corrected chi connectivity index (χ1v) is 4.98. The van der Waals surface area contributed by atoms with Gasteiger partial charge in [0.25, 0.3) is 0 Å². The number of hydrogen-bond acceptors (Lipinski definition) is 3. The molecule has 0 heterocycles. The van der Waals surface area contributed by atoms with Crippen molar-refractivity contribution in [3.63, 3.8) is 0 Å². The second-order valence-electron chi connectivity index (χ2n) is 2.55. The van der Waals surface area contributed by atoms with Crippen LogP contribution in [0.4, 0.5) is 21.4 Å². The Morgan fingerprint density at radius 1 is 1.19 bits per heavy atom. The topological polar surface area (TPSA) is 43.4 Å². The van der Waals surface area contributed by atoms with Crippen LogP contribution in [0.25, 0.3) is 0 Å². The molecule has 0 atom stereocenters. The summed E-state index contributed by atoms with van der Waals surface area (Å²) in [5, 5.41) is 0. The fourth-order valence-electron chi connectivity index (χ4n) is 0.896. The summed E-state index contributed by atoms with van der Waals surface area (Å²) in [5.74, 6) is -3.34. The Hall–Kier alpha value is -1.38. The molecule has 0 aliphatic rings. The molecule has 0 saturated carbocycles. The highest BCUT2D eigenvalue weighted by molar-refractivity contribution is 7.86. The van der Waals surface area contributed by atoms with Gasteiger partial charge in [-0.05, 0) is 12.1 Å². The summed E-state index contributed by atoms with van der Waals surface area (Å²) in [6, 6.07) is 1.71. The monoisotopic (exact) mass is 262 g/mol. The van der Waals surface area contributed by atoms with Gasteiger partial charge >= 0.3 is 16.6 Å². The number of ether oxygens (including phenoxy) is 1. The number of rotatable bonds is 2. The van der Waals surface area contributed by atoms with Crippen LogP contribution in [0.1, 0.15) is 0 Å². The molecule has 0 aliphatic carbocycles. The molecule has 0 radical (unpaired) electrons. The lowest BCUT2D eigenvalue weighted by atomic mass is 10.3. The molecule has 0 N–H and O–H groups in total. The minimum absolute atomic E-state index is 0.458. The zero-order chi connectivity index (χ0) is 12.6. The maximum atomic E-state index is 12.9. The molecule has 0 spiro atoms. The maximum absolute atomic E-state index is 12.9. The normalized spacial score (nSPS) is 12.6. The Morgan fingerprint density at radius 3 is 2.19 bits per heavy atom. The van der Waals surface area contributed by atoms with E-state index in [9.17, 15) is 29.9 Å². The SMILES string of the molecule is O=S(=O)(F)c1cccc(F)c1OC(F)(F)F. The molecule has 3 nitrogen and oxygen atoms in total. The van der Waals surface area contributed by atoms with Crippen molar-refractivity contribution < 1.29 is 34.6 Å². The third kappa shape index (κ3) is 3.05. The first-order chi connectivity index (χ1) is 7.11. The van der Waals surface area contributed by atoms with Crippen LogP contribution in [0.2, 0.25) is 0 Å². The predicted octanol–water partition coefficient (Wildman–Crippen LogP) is 2.38. The van der Waals surface area contributed by atoms with Crippen molar-refractivity contribution in [3.05, 3.63) is 24.0 Å². The molecule has 1 rings (SSSR count). The van der Waals surface area contributed by atoms with Crippen LogP contribution >= 0.6 is 0 Å². The van der Waals surface area contributed by atoms with Gasteiger partial charge < -0.3 is 4.74 Å². The maximum Gasteiger partial charge on any atom is 0.573 e. The molecule has 0 aromatic heterocycles. The summed E-state index contributed by atoms with van der Waals surface area (Å²) >= 11 is 0. The van der Waals surface area contributed by atoms with Crippen molar-refractivity contribution in [1.29, 1.82) is 0 Å². The second-order valence-corrected chi connectivity index (χ2v) is 3.87. The average Bonchev–Trinajstić information content (AvgIpc) is 2.04. The first-order valence-electron chi connectivity index (χ1n) is 3.60. The van der Waals surface area contributed by atoms with Crippen molar-refractivity contribution in [2.45, 2.75) is 11.3 Å². The van der Waals surface area contributed by atoms with E-state index in [1.807, 2.05) is 0 Å². The molecule has 90 valence electrons. The van der Waals surface area contributed by atoms with Crippen LogP contribution in [0.15, 0.2) is 23.1 Å². The summed E-state index contributed by atoms with van der Waals surface area (Å²) in [5.41, 5.74) is 0. The van der Waals surface area contributed by atoms with Crippen LogP contribution in [0, 0.1) is 5.82 Å². The van der Waals surface area contributed by atoms with Crippen molar-refractivity contribution in [3.8, 4) is 5.75 Å². The molecular weight excluding hydrogens is 259 g/mol. The van der Waals surface area contributed by atoms with Gasteiger partial charge in [0, 0.05) is 0 Å². The summed E-state index contributed by atoms with van der Waals surface area (Å²) in [4.78, 5) is -1.51. The molecule has 9 heteroatoms. The van der Waals surface area contributed by atoms with Crippen LogP contribution in [0.5, 0.6) is 5.75 Å².